The van der Waals surface area contributed by atoms with E-state index in [1.807, 2.05) is 7.05 Å². The molecule has 0 spiro atoms. The monoisotopic (exact) mass is 260 g/mol. The van der Waals surface area contributed by atoms with E-state index in [0.717, 1.165) is 39.2 Å². The summed E-state index contributed by atoms with van der Waals surface area (Å²) in [7, 11) is 3.73. The fraction of sp³-hybridized carbons (Fsp3) is 1.00. The Morgan fingerprint density at radius 1 is 1.22 bits per heavy atom. The first kappa shape index (κ1) is 17.8. The number of hydrogen-bond acceptors (Lipinski definition) is 4. The van der Waals surface area contributed by atoms with Crippen LogP contribution >= 0.6 is 0 Å². The summed E-state index contributed by atoms with van der Waals surface area (Å²) in [4.78, 5) is 2.43. The highest BCUT2D eigenvalue weighted by molar-refractivity contribution is 4.66. The summed E-state index contributed by atoms with van der Waals surface area (Å²) in [5.41, 5.74) is 0. The van der Waals surface area contributed by atoms with Gasteiger partial charge < -0.3 is 19.7 Å². The molecule has 0 heterocycles. The minimum Gasteiger partial charge on any atom is -0.379 e. The molecule has 0 aromatic carbocycles. The topological polar surface area (TPSA) is 33.7 Å². The van der Waals surface area contributed by atoms with Crippen molar-refractivity contribution in [2.75, 3.05) is 53.6 Å². The first-order valence-electron chi connectivity index (χ1n) is 7.11. The summed E-state index contributed by atoms with van der Waals surface area (Å²) in [5.74, 6) is 0.694. The maximum absolute atomic E-state index is 5.65. The second kappa shape index (κ2) is 11.9. The second-order valence-corrected chi connectivity index (χ2v) is 5.14. The van der Waals surface area contributed by atoms with Gasteiger partial charge in [0.15, 0.2) is 0 Å². The third-order valence-electron chi connectivity index (χ3n) is 2.88. The quantitative estimate of drug-likeness (QED) is 0.541. The number of methoxy groups -OCH3 is 1. The molecule has 0 aromatic rings. The van der Waals surface area contributed by atoms with Gasteiger partial charge in [-0.3, -0.25) is 0 Å². The summed E-state index contributed by atoms with van der Waals surface area (Å²) >= 11 is 0. The van der Waals surface area contributed by atoms with Crippen LogP contribution in [0.1, 0.15) is 27.2 Å². The van der Waals surface area contributed by atoms with Gasteiger partial charge in [0.2, 0.25) is 0 Å². The lowest BCUT2D eigenvalue weighted by Crippen LogP contribution is -2.38. The van der Waals surface area contributed by atoms with Gasteiger partial charge in [0, 0.05) is 26.8 Å². The Balaban J connectivity index is 3.78. The standard InChI is InChI=1S/C14H32N2O2/c1-6-16(10-13(2)3)11-14(17-5)12-18-9-7-8-15-4/h13-15H,6-12H2,1-5H3/t14-/m0/s1. The molecule has 0 saturated carbocycles. The highest BCUT2D eigenvalue weighted by Gasteiger charge is 2.13. The zero-order valence-electron chi connectivity index (χ0n) is 12.9. The molecular formula is C14H32N2O2. The normalized spacial score (nSPS) is 13.5. The van der Waals surface area contributed by atoms with Crippen molar-refractivity contribution in [1.82, 2.24) is 10.2 Å². The van der Waals surface area contributed by atoms with E-state index in [-0.39, 0.29) is 6.10 Å². The molecule has 1 atom stereocenters. The first-order chi connectivity index (χ1) is 8.63. The Hall–Kier alpha value is -0.160. The van der Waals surface area contributed by atoms with Gasteiger partial charge in [0.25, 0.3) is 0 Å². The zero-order chi connectivity index (χ0) is 13.8. The van der Waals surface area contributed by atoms with Crippen LogP contribution in [-0.4, -0.2) is 64.6 Å². The molecule has 1 N–H and O–H groups in total. The van der Waals surface area contributed by atoms with Gasteiger partial charge in [-0.05, 0) is 32.5 Å². The van der Waals surface area contributed by atoms with E-state index in [1.54, 1.807) is 7.11 Å². The molecule has 18 heavy (non-hydrogen) atoms. The molecule has 0 aliphatic carbocycles. The van der Waals surface area contributed by atoms with E-state index in [9.17, 15) is 0 Å². The highest BCUT2D eigenvalue weighted by atomic mass is 16.5. The average Bonchev–Trinajstić information content (AvgIpc) is 2.35. The van der Waals surface area contributed by atoms with Crippen LogP contribution in [0, 0.1) is 5.92 Å². The van der Waals surface area contributed by atoms with Crippen LogP contribution in [0.5, 0.6) is 0 Å². The van der Waals surface area contributed by atoms with E-state index >= 15 is 0 Å². The van der Waals surface area contributed by atoms with Gasteiger partial charge >= 0.3 is 0 Å². The van der Waals surface area contributed by atoms with Crippen molar-refractivity contribution in [2.45, 2.75) is 33.3 Å². The molecular weight excluding hydrogens is 228 g/mol. The fourth-order valence-corrected chi connectivity index (χ4v) is 1.90. The van der Waals surface area contributed by atoms with Crippen molar-refractivity contribution in [3.8, 4) is 0 Å². The maximum Gasteiger partial charge on any atom is 0.0931 e. The van der Waals surface area contributed by atoms with Crippen LogP contribution in [0.2, 0.25) is 0 Å². The molecule has 0 rings (SSSR count). The van der Waals surface area contributed by atoms with Crippen LogP contribution in [0.4, 0.5) is 0 Å². The van der Waals surface area contributed by atoms with Crippen molar-refractivity contribution < 1.29 is 9.47 Å². The van der Waals surface area contributed by atoms with Crippen molar-refractivity contribution in [2.24, 2.45) is 5.92 Å². The van der Waals surface area contributed by atoms with Crippen LogP contribution in [0.15, 0.2) is 0 Å². The van der Waals surface area contributed by atoms with Crippen LogP contribution in [0.3, 0.4) is 0 Å². The molecule has 0 fully saturated rings. The minimum atomic E-state index is 0.179. The smallest absolute Gasteiger partial charge is 0.0931 e. The fourth-order valence-electron chi connectivity index (χ4n) is 1.90. The Kier molecular flexibility index (Phi) is 11.8. The highest BCUT2D eigenvalue weighted by Crippen LogP contribution is 2.02. The number of nitrogens with zero attached hydrogens (tertiary/aromatic N) is 1. The van der Waals surface area contributed by atoms with Crippen LogP contribution in [0.25, 0.3) is 0 Å². The van der Waals surface area contributed by atoms with E-state index in [2.05, 4.69) is 31.0 Å². The first-order valence-corrected chi connectivity index (χ1v) is 7.11. The number of likely N-dealkylation sites (N-methyl/N-ethyl adjacent to an activating group) is 1. The number of ether oxygens (including phenoxy) is 2. The molecule has 0 bridgehead atoms. The molecule has 0 unspecified atom stereocenters. The lowest BCUT2D eigenvalue weighted by molar-refractivity contribution is -0.0108. The SMILES string of the molecule is CCN(CC(C)C)C[C@@H](COCCCNC)OC. The molecule has 0 aliphatic heterocycles. The van der Waals surface area contributed by atoms with Gasteiger partial charge in [-0.2, -0.15) is 0 Å². The van der Waals surface area contributed by atoms with Crippen molar-refractivity contribution in [1.29, 1.82) is 0 Å². The van der Waals surface area contributed by atoms with E-state index in [4.69, 9.17) is 9.47 Å². The molecule has 4 nitrogen and oxygen atoms in total. The summed E-state index contributed by atoms with van der Waals surface area (Å²) in [6.07, 6.45) is 1.23. The lowest BCUT2D eigenvalue weighted by Gasteiger charge is -2.27. The average molecular weight is 260 g/mol. The van der Waals surface area contributed by atoms with Gasteiger partial charge in [-0.25, -0.2) is 0 Å². The summed E-state index contributed by atoms with van der Waals surface area (Å²) in [6.45, 7) is 12.3. The van der Waals surface area contributed by atoms with Crippen LogP contribution in [-0.2, 0) is 9.47 Å². The molecule has 0 aliphatic rings. The van der Waals surface area contributed by atoms with Crippen molar-refractivity contribution >= 4 is 0 Å². The predicted octanol–water partition coefficient (Wildman–Crippen LogP) is 1.61. The van der Waals surface area contributed by atoms with Gasteiger partial charge in [0.05, 0.1) is 12.7 Å². The summed E-state index contributed by atoms with van der Waals surface area (Å²) in [6, 6.07) is 0. The Labute approximate surface area is 113 Å². The van der Waals surface area contributed by atoms with E-state index < -0.39 is 0 Å². The third kappa shape index (κ3) is 9.83. The molecule has 0 aromatic heterocycles. The Morgan fingerprint density at radius 3 is 2.44 bits per heavy atom. The predicted molar refractivity (Wildman–Crippen MR) is 77.1 cm³/mol. The molecule has 4 heteroatoms. The largest absolute Gasteiger partial charge is 0.379 e. The molecule has 0 saturated heterocycles. The Bertz CT molecular complexity index is 177. The van der Waals surface area contributed by atoms with Crippen LogP contribution < -0.4 is 5.32 Å². The summed E-state index contributed by atoms with van der Waals surface area (Å²) < 4.78 is 11.1. The van der Waals surface area contributed by atoms with Crippen molar-refractivity contribution in [3.63, 3.8) is 0 Å². The zero-order valence-corrected chi connectivity index (χ0v) is 12.9. The molecule has 110 valence electrons. The lowest BCUT2D eigenvalue weighted by atomic mass is 10.2. The van der Waals surface area contributed by atoms with Crippen molar-refractivity contribution in [3.05, 3.63) is 0 Å². The molecule has 0 radical (unpaired) electrons. The summed E-state index contributed by atoms with van der Waals surface area (Å²) in [5, 5.41) is 3.11. The molecule has 0 amide bonds. The number of rotatable bonds is 12. The number of nitrogens with one attached hydrogen (secondary N) is 1. The van der Waals surface area contributed by atoms with Gasteiger partial charge in [-0.15, -0.1) is 0 Å². The Morgan fingerprint density at radius 2 is 1.94 bits per heavy atom. The van der Waals surface area contributed by atoms with Gasteiger partial charge in [0.1, 0.15) is 0 Å². The maximum atomic E-state index is 5.65. The van der Waals surface area contributed by atoms with E-state index in [0.29, 0.717) is 12.5 Å². The second-order valence-electron chi connectivity index (χ2n) is 5.14. The van der Waals surface area contributed by atoms with Gasteiger partial charge in [-0.1, -0.05) is 20.8 Å². The minimum absolute atomic E-state index is 0.179. The number of hydrogen-bond donors (Lipinski definition) is 1. The third-order valence-corrected chi connectivity index (χ3v) is 2.88. The van der Waals surface area contributed by atoms with E-state index in [1.165, 1.54) is 0 Å².